The number of nitrogens with zero attached hydrogens (tertiary/aromatic N) is 1. The van der Waals surface area contributed by atoms with Crippen molar-refractivity contribution < 1.29 is 9.72 Å². The summed E-state index contributed by atoms with van der Waals surface area (Å²) in [7, 11) is 0. The second-order valence-electron chi connectivity index (χ2n) is 6.64. The molecule has 0 saturated heterocycles. The van der Waals surface area contributed by atoms with Crippen molar-refractivity contribution in [2.45, 2.75) is 44.7 Å². The van der Waals surface area contributed by atoms with Crippen LogP contribution >= 0.6 is 0 Å². The Morgan fingerprint density at radius 3 is 2.50 bits per heavy atom. The van der Waals surface area contributed by atoms with E-state index in [2.05, 4.69) is 10.6 Å². The monoisotopic (exact) mass is 353 g/mol. The fourth-order valence-electron chi connectivity index (χ4n) is 3.28. The Bertz CT molecular complexity index is 771. The first-order valence-corrected chi connectivity index (χ1v) is 9.00. The highest BCUT2D eigenvalue weighted by atomic mass is 16.6. The summed E-state index contributed by atoms with van der Waals surface area (Å²) < 4.78 is 0. The predicted octanol–water partition coefficient (Wildman–Crippen LogP) is 4.27. The van der Waals surface area contributed by atoms with Crippen molar-refractivity contribution in [3.05, 3.63) is 69.8 Å². The van der Waals surface area contributed by atoms with Gasteiger partial charge in [-0.3, -0.25) is 14.9 Å². The number of amides is 1. The van der Waals surface area contributed by atoms with Gasteiger partial charge in [0.25, 0.3) is 11.6 Å². The van der Waals surface area contributed by atoms with Crippen molar-refractivity contribution in [1.82, 2.24) is 5.32 Å². The number of carbonyl (C=O) groups excluding carboxylic acids is 1. The summed E-state index contributed by atoms with van der Waals surface area (Å²) in [5, 5.41) is 17.5. The first kappa shape index (κ1) is 17.9. The van der Waals surface area contributed by atoms with Crippen LogP contribution in [0.1, 0.15) is 48.0 Å². The predicted molar refractivity (Wildman–Crippen MR) is 101 cm³/mol. The zero-order chi connectivity index (χ0) is 18.4. The third-order valence-corrected chi connectivity index (χ3v) is 4.72. The van der Waals surface area contributed by atoms with Gasteiger partial charge in [-0.1, -0.05) is 49.6 Å². The number of anilines is 1. The van der Waals surface area contributed by atoms with Crippen LogP contribution < -0.4 is 10.6 Å². The second-order valence-corrected chi connectivity index (χ2v) is 6.64. The molecule has 0 aromatic heterocycles. The maximum Gasteiger partial charge on any atom is 0.293 e. The Kier molecular flexibility index (Phi) is 5.84. The minimum absolute atomic E-state index is 0.0859. The molecule has 2 N–H and O–H groups in total. The summed E-state index contributed by atoms with van der Waals surface area (Å²) in [6.45, 7) is 0.481. The van der Waals surface area contributed by atoms with Crippen molar-refractivity contribution >= 4 is 17.3 Å². The summed E-state index contributed by atoms with van der Waals surface area (Å²) in [5.41, 5.74) is 1.68. The van der Waals surface area contributed by atoms with Crippen molar-refractivity contribution in [2.24, 2.45) is 0 Å². The average Bonchev–Trinajstić information content (AvgIpc) is 2.67. The van der Waals surface area contributed by atoms with Crippen molar-refractivity contribution in [2.75, 3.05) is 5.32 Å². The Morgan fingerprint density at radius 2 is 1.81 bits per heavy atom. The van der Waals surface area contributed by atoms with Crippen LogP contribution in [0.25, 0.3) is 0 Å². The van der Waals surface area contributed by atoms with Crippen LogP contribution in [0.2, 0.25) is 0 Å². The number of nitro groups is 1. The zero-order valence-corrected chi connectivity index (χ0v) is 14.6. The molecule has 136 valence electrons. The highest BCUT2D eigenvalue weighted by Crippen LogP contribution is 2.26. The number of carbonyl (C=O) groups is 1. The molecule has 0 spiro atoms. The number of benzene rings is 2. The SMILES string of the molecule is O=C(NC1CCCCC1)c1ccc(NCc2ccccc2)c([N+](=O)[O-])c1. The van der Waals surface area contributed by atoms with E-state index in [1.165, 1.54) is 12.5 Å². The lowest BCUT2D eigenvalue weighted by Crippen LogP contribution is -2.36. The highest BCUT2D eigenvalue weighted by molar-refractivity contribution is 5.95. The standard InChI is InChI=1S/C20H23N3O3/c24-20(22-17-9-5-2-6-10-17)16-11-12-18(19(13-16)23(25)26)21-14-15-7-3-1-4-8-15/h1,3-4,7-8,11-13,17,21H,2,5-6,9-10,14H2,(H,22,24). The van der Waals surface area contributed by atoms with E-state index in [1.807, 2.05) is 30.3 Å². The first-order chi connectivity index (χ1) is 12.6. The molecule has 2 aromatic rings. The van der Waals surface area contributed by atoms with Gasteiger partial charge in [0.05, 0.1) is 4.92 Å². The summed E-state index contributed by atoms with van der Waals surface area (Å²) in [6, 6.07) is 14.4. The summed E-state index contributed by atoms with van der Waals surface area (Å²) in [4.78, 5) is 23.4. The van der Waals surface area contributed by atoms with E-state index in [0.29, 0.717) is 17.8 Å². The van der Waals surface area contributed by atoms with Crippen molar-refractivity contribution in [1.29, 1.82) is 0 Å². The van der Waals surface area contributed by atoms with E-state index in [4.69, 9.17) is 0 Å². The van der Waals surface area contributed by atoms with Gasteiger partial charge in [0.15, 0.2) is 0 Å². The molecule has 6 heteroatoms. The molecule has 0 bridgehead atoms. The van der Waals surface area contributed by atoms with Crippen LogP contribution in [-0.2, 0) is 6.54 Å². The Labute approximate surface area is 152 Å². The smallest absolute Gasteiger partial charge is 0.293 e. The van der Waals surface area contributed by atoms with E-state index >= 15 is 0 Å². The molecule has 1 aliphatic carbocycles. The number of hydrogen-bond donors (Lipinski definition) is 2. The Balaban J connectivity index is 1.71. The van der Waals surface area contributed by atoms with E-state index in [0.717, 1.165) is 31.2 Å². The molecule has 2 aromatic carbocycles. The average molecular weight is 353 g/mol. The van der Waals surface area contributed by atoms with E-state index in [9.17, 15) is 14.9 Å². The third kappa shape index (κ3) is 4.59. The fourth-order valence-corrected chi connectivity index (χ4v) is 3.28. The van der Waals surface area contributed by atoms with Crippen LogP contribution in [0.3, 0.4) is 0 Å². The van der Waals surface area contributed by atoms with Crippen LogP contribution in [0, 0.1) is 10.1 Å². The highest BCUT2D eigenvalue weighted by Gasteiger charge is 2.20. The molecule has 1 saturated carbocycles. The van der Waals surface area contributed by atoms with Gasteiger partial charge in [-0.05, 0) is 30.5 Å². The quantitative estimate of drug-likeness (QED) is 0.600. The van der Waals surface area contributed by atoms with Gasteiger partial charge in [0.1, 0.15) is 5.69 Å². The lowest BCUT2D eigenvalue weighted by Gasteiger charge is -2.22. The molecule has 0 atom stereocenters. The minimum atomic E-state index is -0.454. The number of hydrogen-bond acceptors (Lipinski definition) is 4. The Morgan fingerprint density at radius 1 is 1.08 bits per heavy atom. The summed E-state index contributed by atoms with van der Waals surface area (Å²) >= 11 is 0. The minimum Gasteiger partial charge on any atom is -0.375 e. The van der Waals surface area contributed by atoms with E-state index < -0.39 is 4.92 Å². The molecule has 1 fully saturated rings. The van der Waals surface area contributed by atoms with E-state index in [-0.39, 0.29) is 17.6 Å². The molecule has 1 aliphatic rings. The van der Waals surface area contributed by atoms with Gasteiger partial charge in [-0.25, -0.2) is 0 Å². The molecule has 0 radical (unpaired) electrons. The molecular weight excluding hydrogens is 330 g/mol. The van der Waals surface area contributed by atoms with Crippen LogP contribution in [0.4, 0.5) is 11.4 Å². The fraction of sp³-hybridized carbons (Fsp3) is 0.350. The Hall–Kier alpha value is -2.89. The topological polar surface area (TPSA) is 84.3 Å². The van der Waals surface area contributed by atoms with Crippen molar-refractivity contribution in [3.63, 3.8) is 0 Å². The zero-order valence-electron chi connectivity index (χ0n) is 14.6. The maximum absolute atomic E-state index is 12.4. The summed E-state index contributed by atoms with van der Waals surface area (Å²) in [5.74, 6) is -0.241. The molecule has 6 nitrogen and oxygen atoms in total. The summed E-state index contributed by atoms with van der Waals surface area (Å²) in [6.07, 6.45) is 5.40. The number of rotatable bonds is 6. The number of nitrogens with one attached hydrogen (secondary N) is 2. The third-order valence-electron chi connectivity index (χ3n) is 4.72. The second kappa shape index (κ2) is 8.47. The normalized spacial score (nSPS) is 14.6. The van der Waals surface area contributed by atoms with Gasteiger partial charge in [0.2, 0.25) is 0 Å². The molecular formula is C20H23N3O3. The van der Waals surface area contributed by atoms with Gasteiger partial charge >= 0.3 is 0 Å². The van der Waals surface area contributed by atoms with Gasteiger partial charge in [-0.15, -0.1) is 0 Å². The van der Waals surface area contributed by atoms with Gasteiger partial charge in [-0.2, -0.15) is 0 Å². The van der Waals surface area contributed by atoms with Crippen LogP contribution in [-0.4, -0.2) is 16.9 Å². The van der Waals surface area contributed by atoms with Crippen LogP contribution in [0.15, 0.2) is 48.5 Å². The lowest BCUT2D eigenvalue weighted by molar-refractivity contribution is -0.384. The van der Waals surface area contributed by atoms with Crippen LogP contribution in [0.5, 0.6) is 0 Å². The molecule has 1 amide bonds. The molecule has 3 rings (SSSR count). The lowest BCUT2D eigenvalue weighted by atomic mass is 9.95. The molecule has 0 aliphatic heterocycles. The molecule has 0 heterocycles. The van der Waals surface area contributed by atoms with Crippen molar-refractivity contribution in [3.8, 4) is 0 Å². The number of nitro benzene ring substituents is 1. The van der Waals surface area contributed by atoms with E-state index in [1.54, 1.807) is 12.1 Å². The first-order valence-electron chi connectivity index (χ1n) is 9.00. The van der Waals surface area contributed by atoms with Gasteiger partial charge < -0.3 is 10.6 Å². The largest absolute Gasteiger partial charge is 0.375 e. The molecule has 26 heavy (non-hydrogen) atoms. The van der Waals surface area contributed by atoms with Gasteiger partial charge in [0, 0.05) is 24.2 Å². The molecule has 0 unspecified atom stereocenters. The maximum atomic E-state index is 12.4.